The maximum atomic E-state index is 10.5. The van der Waals surface area contributed by atoms with Gasteiger partial charge in [0, 0.05) is 12.1 Å². The lowest BCUT2D eigenvalue weighted by Crippen LogP contribution is -1.95. The van der Waals surface area contributed by atoms with Crippen LogP contribution < -0.4 is 4.74 Å². The molecule has 1 aromatic heterocycles. The predicted octanol–water partition coefficient (Wildman–Crippen LogP) is 3.32. The first kappa shape index (κ1) is 12.2. The smallest absolute Gasteiger partial charge is 0.269 e. The molecule has 0 saturated carbocycles. The van der Waals surface area contributed by atoms with Gasteiger partial charge < -0.3 is 9.15 Å². The average molecular weight is 270 g/mol. The van der Waals surface area contributed by atoms with Crippen LogP contribution in [-0.4, -0.2) is 9.91 Å². The van der Waals surface area contributed by atoms with E-state index in [0.717, 1.165) is 5.52 Å². The van der Waals surface area contributed by atoms with E-state index in [1.807, 2.05) is 24.3 Å². The van der Waals surface area contributed by atoms with E-state index >= 15 is 0 Å². The number of rotatable bonds is 4. The number of para-hydroxylation sites is 2. The average Bonchev–Trinajstić information content (AvgIpc) is 2.88. The van der Waals surface area contributed by atoms with Crippen LogP contribution in [0.5, 0.6) is 5.75 Å². The molecule has 0 fully saturated rings. The maximum Gasteiger partial charge on any atom is 0.269 e. The fourth-order valence-electron chi connectivity index (χ4n) is 1.79. The van der Waals surface area contributed by atoms with E-state index in [9.17, 15) is 10.1 Å². The molecule has 2 aromatic carbocycles. The third-order valence-electron chi connectivity index (χ3n) is 2.75. The number of benzene rings is 2. The van der Waals surface area contributed by atoms with Crippen LogP contribution in [0.15, 0.2) is 52.9 Å². The summed E-state index contributed by atoms with van der Waals surface area (Å²) >= 11 is 0. The molecule has 1 heterocycles. The van der Waals surface area contributed by atoms with Crippen molar-refractivity contribution in [3.05, 3.63) is 64.5 Å². The first-order valence-electron chi connectivity index (χ1n) is 5.94. The number of non-ortho nitro benzene ring substituents is 1. The Morgan fingerprint density at radius 2 is 1.90 bits per heavy atom. The summed E-state index contributed by atoms with van der Waals surface area (Å²) in [5.41, 5.74) is 1.50. The summed E-state index contributed by atoms with van der Waals surface area (Å²) < 4.78 is 11.0. The Kier molecular flexibility index (Phi) is 3.04. The van der Waals surface area contributed by atoms with Crippen LogP contribution in [0.4, 0.5) is 5.69 Å². The Hall–Kier alpha value is -2.89. The Labute approximate surface area is 113 Å². The van der Waals surface area contributed by atoms with Crippen molar-refractivity contribution in [1.82, 2.24) is 4.98 Å². The molecule has 0 amide bonds. The standard InChI is InChI=1S/C14H10N2O4/c17-16(18)10-5-7-11(8-6-10)19-9-14-15-12-3-1-2-4-13(12)20-14/h1-8H,9H2. The molecular formula is C14H10N2O4. The molecule has 0 aliphatic carbocycles. The van der Waals surface area contributed by atoms with Crippen molar-refractivity contribution in [2.45, 2.75) is 6.61 Å². The highest BCUT2D eigenvalue weighted by molar-refractivity contribution is 5.72. The lowest BCUT2D eigenvalue weighted by atomic mass is 10.3. The van der Waals surface area contributed by atoms with E-state index in [4.69, 9.17) is 9.15 Å². The number of aromatic nitrogens is 1. The second-order valence-electron chi connectivity index (χ2n) is 4.12. The van der Waals surface area contributed by atoms with Gasteiger partial charge in [-0.15, -0.1) is 0 Å². The summed E-state index contributed by atoms with van der Waals surface area (Å²) in [7, 11) is 0. The van der Waals surface area contributed by atoms with E-state index in [1.165, 1.54) is 12.1 Å². The number of nitro benzene ring substituents is 1. The second kappa shape index (κ2) is 5.00. The molecule has 0 spiro atoms. The zero-order valence-electron chi connectivity index (χ0n) is 10.4. The van der Waals surface area contributed by atoms with Crippen LogP contribution >= 0.6 is 0 Å². The van der Waals surface area contributed by atoms with Gasteiger partial charge in [-0.1, -0.05) is 12.1 Å². The van der Waals surface area contributed by atoms with Gasteiger partial charge in [0.25, 0.3) is 5.69 Å². The molecule has 0 saturated heterocycles. The van der Waals surface area contributed by atoms with Gasteiger partial charge in [-0.25, -0.2) is 4.98 Å². The normalized spacial score (nSPS) is 10.6. The molecule has 6 heteroatoms. The Balaban J connectivity index is 1.71. The first-order valence-corrected chi connectivity index (χ1v) is 5.94. The summed E-state index contributed by atoms with van der Waals surface area (Å²) in [4.78, 5) is 14.4. The molecule has 0 bridgehead atoms. The number of ether oxygens (including phenoxy) is 1. The van der Waals surface area contributed by atoms with Gasteiger partial charge in [0.1, 0.15) is 11.3 Å². The van der Waals surface area contributed by atoms with Crippen molar-refractivity contribution in [2.75, 3.05) is 0 Å². The molecule has 6 nitrogen and oxygen atoms in total. The van der Waals surface area contributed by atoms with Gasteiger partial charge >= 0.3 is 0 Å². The van der Waals surface area contributed by atoms with Crippen LogP contribution in [0.1, 0.15) is 5.89 Å². The summed E-state index contributed by atoms with van der Waals surface area (Å²) in [6, 6.07) is 13.3. The SMILES string of the molecule is O=[N+]([O-])c1ccc(OCc2nc3ccccc3o2)cc1. The first-order chi connectivity index (χ1) is 9.72. The largest absolute Gasteiger partial charge is 0.484 e. The molecule has 20 heavy (non-hydrogen) atoms. The molecule has 3 aromatic rings. The second-order valence-corrected chi connectivity index (χ2v) is 4.12. The lowest BCUT2D eigenvalue weighted by Gasteiger charge is -2.02. The van der Waals surface area contributed by atoms with Gasteiger partial charge in [0.2, 0.25) is 5.89 Å². The minimum atomic E-state index is -0.454. The van der Waals surface area contributed by atoms with E-state index in [2.05, 4.69) is 4.98 Å². The van der Waals surface area contributed by atoms with E-state index in [-0.39, 0.29) is 12.3 Å². The topological polar surface area (TPSA) is 78.4 Å². The van der Waals surface area contributed by atoms with Gasteiger partial charge in [-0.3, -0.25) is 10.1 Å². The molecular weight excluding hydrogens is 260 g/mol. The highest BCUT2D eigenvalue weighted by atomic mass is 16.6. The number of hydrogen-bond donors (Lipinski definition) is 0. The van der Waals surface area contributed by atoms with Crippen LogP contribution in [0.2, 0.25) is 0 Å². The van der Waals surface area contributed by atoms with Gasteiger partial charge in [0.05, 0.1) is 4.92 Å². The van der Waals surface area contributed by atoms with E-state index in [1.54, 1.807) is 12.1 Å². The zero-order valence-corrected chi connectivity index (χ0v) is 10.4. The van der Waals surface area contributed by atoms with E-state index in [0.29, 0.717) is 17.2 Å². The van der Waals surface area contributed by atoms with E-state index < -0.39 is 4.92 Å². The molecule has 0 radical (unpaired) electrons. The minimum Gasteiger partial charge on any atom is -0.484 e. The third kappa shape index (κ3) is 2.44. The third-order valence-corrected chi connectivity index (χ3v) is 2.75. The van der Waals surface area contributed by atoms with Crippen molar-refractivity contribution < 1.29 is 14.1 Å². The summed E-state index contributed by atoms with van der Waals surface area (Å²) in [5.74, 6) is 0.988. The van der Waals surface area contributed by atoms with Crippen molar-refractivity contribution in [2.24, 2.45) is 0 Å². The lowest BCUT2D eigenvalue weighted by molar-refractivity contribution is -0.384. The fourth-order valence-corrected chi connectivity index (χ4v) is 1.79. The van der Waals surface area contributed by atoms with Gasteiger partial charge in [0.15, 0.2) is 12.2 Å². The highest BCUT2D eigenvalue weighted by Crippen LogP contribution is 2.20. The monoisotopic (exact) mass is 270 g/mol. The van der Waals surface area contributed by atoms with Crippen LogP contribution in [-0.2, 0) is 6.61 Å². The fraction of sp³-hybridized carbons (Fsp3) is 0.0714. The molecule has 3 rings (SSSR count). The Morgan fingerprint density at radius 1 is 1.15 bits per heavy atom. The molecule has 0 aliphatic heterocycles. The summed E-state index contributed by atoms with van der Waals surface area (Å²) in [6.07, 6.45) is 0. The molecule has 0 aliphatic rings. The van der Waals surface area contributed by atoms with Gasteiger partial charge in [-0.05, 0) is 24.3 Å². The summed E-state index contributed by atoms with van der Waals surface area (Å²) in [6.45, 7) is 0.173. The number of nitro groups is 1. The number of hydrogen-bond acceptors (Lipinski definition) is 5. The van der Waals surface area contributed by atoms with Crippen LogP contribution in [0, 0.1) is 10.1 Å². The molecule has 0 atom stereocenters. The van der Waals surface area contributed by atoms with Crippen LogP contribution in [0.3, 0.4) is 0 Å². The van der Waals surface area contributed by atoms with Crippen molar-refractivity contribution in [3.8, 4) is 5.75 Å². The molecule has 0 unspecified atom stereocenters. The van der Waals surface area contributed by atoms with Gasteiger partial charge in [-0.2, -0.15) is 0 Å². The highest BCUT2D eigenvalue weighted by Gasteiger charge is 2.07. The molecule has 100 valence electrons. The quantitative estimate of drug-likeness (QED) is 0.536. The minimum absolute atomic E-state index is 0.0270. The predicted molar refractivity (Wildman–Crippen MR) is 71.4 cm³/mol. The number of fused-ring (bicyclic) bond motifs is 1. The zero-order chi connectivity index (χ0) is 13.9. The molecule has 0 N–H and O–H groups in total. The van der Waals surface area contributed by atoms with Crippen molar-refractivity contribution in [3.63, 3.8) is 0 Å². The maximum absolute atomic E-state index is 10.5. The number of nitrogens with zero attached hydrogens (tertiary/aromatic N) is 2. The number of oxazole rings is 1. The Morgan fingerprint density at radius 3 is 2.60 bits per heavy atom. The van der Waals surface area contributed by atoms with Crippen LogP contribution in [0.25, 0.3) is 11.1 Å². The van der Waals surface area contributed by atoms with Crippen molar-refractivity contribution >= 4 is 16.8 Å². The van der Waals surface area contributed by atoms with Crippen molar-refractivity contribution in [1.29, 1.82) is 0 Å². The Bertz CT molecular complexity index is 716. The summed E-state index contributed by atoms with van der Waals surface area (Å²) in [5, 5.41) is 10.5.